The highest BCUT2D eigenvalue weighted by molar-refractivity contribution is 8.00. The van der Waals surface area contributed by atoms with Gasteiger partial charge in [-0.25, -0.2) is 4.79 Å². The molecular formula is C13H12F3NO3S. The number of halogens is 3. The maximum atomic E-state index is 12.2. The number of benzene rings is 1. The summed E-state index contributed by atoms with van der Waals surface area (Å²) in [6.45, 7) is 0. The molecule has 4 nitrogen and oxygen atoms in total. The van der Waals surface area contributed by atoms with Gasteiger partial charge in [-0.1, -0.05) is 0 Å². The number of hydrogen-bond donors (Lipinski definition) is 2. The van der Waals surface area contributed by atoms with E-state index in [1.54, 1.807) is 0 Å². The molecule has 0 aliphatic heterocycles. The zero-order valence-corrected chi connectivity index (χ0v) is 11.5. The summed E-state index contributed by atoms with van der Waals surface area (Å²) in [4.78, 5) is 22.9. The van der Waals surface area contributed by atoms with Gasteiger partial charge in [0.15, 0.2) is 0 Å². The van der Waals surface area contributed by atoms with Crippen LogP contribution in [0.2, 0.25) is 0 Å². The molecule has 0 spiro atoms. The normalized spacial score (nSPS) is 16.3. The standard InChI is InChI=1S/C13H12F3NO3S/c14-13(15,16)21-9-5-3-8(4-6-9)11(18)17-10(12(19)20)7-1-2-7/h3-7,10H,1-2H2,(H,17,18)(H,19,20). The molecule has 1 aromatic rings. The van der Waals surface area contributed by atoms with Crippen LogP contribution in [0.3, 0.4) is 0 Å². The van der Waals surface area contributed by atoms with E-state index in [2.05, 4.69) is 5.32 Å². The van der Waals surface area contributed by atoms with Gasteiger partial charge in [-0.15, -0.1) is 0 Å². The van der Waals surface area contributed by atoms with Crippen LogP contribution in [-0.2, 0) is 4.79 Å². The molecule has 1 aliphatic rings. The molecule has 1 amide bonds. The summed E-state index contributed by atoms with van der Waals surface area (Å²) in [5, 5.41) is 11.4. The van der Waals surface area contributed by atoms with E-state index in [1.165, 1.54) is 24.3 Å². The predicted octanol–water partition coefficient (Wildman–Crippen LogP) is 2.89. The molecule has 114 valence electrons. The molecule has 1 aliphatic carbocycles. The summed E-state index contributed by atoms with van der Waals surface area (Å²) in [6, 6.07) is 3.91. The van der Waals surface area contributed by atoms with Gasteiger partial charge in [-0.2, -0.15) is 13.2 Å². The molecule has 0 radical (unpaired) electrons. The number of amides is 1. The van der Waals surface area contributed by atoms with Crippen LogP contribution < -0.4 is 5.32 Å². The molecule has 1 aromatic carbocycles. The Morgan fingerprint density at radius 3 is 2.24 bits per heavy atom. The molecule has 21 heavy (non-hydrogen) atoms. The number of thioether (sulfide) groups is 1. The lowest BCUT2D eigenvalue weighted by atomic mass is 10.1. The monoisotopic (exact) mass is 319 g/mol. The quantitative estimate of drug-likeness (QED) is 0.819. The Morgan fingerprint density at radius 2 is 1.81 bits per heavy atom. The fourth-order valence-corrected chi connectivity index (χ4v) is 2.38. The molecule has 8 heteroatoms. The molecule has 0 heterocycles. The number of carboxylic acids is 1. The van der Waals surface area contributed by atoms with Crippen molar-refractivity contribution in [1.29, 1.82) is 0 Å². The predicted molar refractivity (Wildman–Crippen MR) is 70.0 cm³/mol. The molecule has 1 fully saturated rings. The van der Waals surface area contributed by atoms with Crippen molar-refractivity contribution in [3.63, 3.8) is 0 Å². The minimum atomic E-state index is -4.38. The van der Waals surface area contributed by atoms with Crippen LogP contribution in [0.4, 0.5) is 13.2 Å². The lowest BCUT2D eigenvalue weighted by Crippen LogP contribution is -2.42. The van der Waals surface area contributed by atoms with Gasteiger partial charge in [0.1, 0.15) is 6.04 Å². The Hall–Kier alpha value is -1.70. The molecule has 1 saturated carbocycles. The first kappa shape index (κ1) is 15.7. The van der Waals surface area contributed by atoms with E-state index in [-0.39, 0.29) is 28.1 Å². The van der Waals surface area contributed by atoms with Gasteiger partial charge < -0.3 is 10.4 Å². The average Bonchev–Trinajstić information content (AvgIpc) is 3.18. The third-order valence-corrected chi connectivity index (χ3v) is 3.74. The maximum absolute atomic E-state index is 12.2. The van der Waals surface area contributed by atoms with E-state index in [0.717, 1.165) is 12.8 Å². The van der Waals surface area contributed by atoms with Gasteiger partial charge >= 0.3 is 11.5 Å². The van der Waals surface area contributed by atoms with Crippen molar-refractivity contribution in [2.75, 3.05) is 0 Å². The highest BCUT2D eigenvalue weighted by atomic mass is 32.2. The molecule has 2 rings (SSSR count). The fraction of sp³-hybridized carbons (Fsp3) is 0.385. The second-order valence-corrected chi connectivity index (χ2v) is 5.84. The van der Waals surface area contributed by atoms with Crippen LogP contribution in [0, 0.1) is 5.92 Å². The summed E-state index contributed by atoms with van der Waals surface area (Å²) in [6.07, 6.45) is 1.50. The first-order valence-electron chi connectivity index (χ1n) is 6.16. The number of aliphatic carboxylic acids is 1. The number of hydrogen-bond acceptors (Lipinski definition) is 3. The summed E-state index contributed by atoms with van der Waals surface area (Å²) < 4.78 is 36.5. The van der Waals surface area contributed by atoms with E-state index < -0.39 is 23.4 Å². The van der Waals surface area contributed by atoms with E-state index >= 15 is 0 Å². The second kappa shape index (κ2) is 5.97. The lowest BCUT2D eigenvalue weighted by Gasteiger charge is -2.13. The topological polar surface area (TPSA) is 66.4 Å². The SMILES string of the molecule is O=C(NC(C(=O)O)C1CC1)c1ccc(SC(F)(F)F)cc1. The third-order valence-electron chi connectivity index (χ3n) is 3.00. The van der Waals surface area contributed by atoms with Gasteiger partial charge in [0.25, 0.3) is 5.91 Å². The van der Waals surface area contributed by atoms with Crippen molar-refractivity contribution in [3.8, 4) is 0 Å². The van der Waals surface area contributed by atoms with Gasteiger partial charge in [-0.05, 0) is 54.8 Å². The molecule has 0 bridgehead atoms. The first-order chi connectivity index (χ1) is 9.76. The van der Waals surface area contributed by atoms with Crippen LogP contribution in [-0.4, -0.2) is 28.5 Å². The van der Waals surface area contributed by atoms with Crippen LogP contribution in [0.5, 0.6) is 0 Å². The number of carbonyl (C=O) groups excluding carboxylic acids is 1. The van der Waals surface area contributed by atoms with Gasteiger partial charge in [-0.3, -0.25) is 4.79 Å². The molecule has 0 aromatic heterocycles. The Labute approximate surface area is 122 Å². The van der Waals surface area contributed by atoms with E-state index in [9.17, 15) is 22.8 Å². The van der Waals surface area contributed by atoms with Gasteiger partial charge in [0.05, 0.1) is 0 Å². The van der Waals surface area contributed by atoms with Crippen molar-refractivity contribution in [3.05, 3.63) is 29.8 Å². The van der Waals surface area contributed by atoms with Gasteiger partial charge in [0, 0.05) is 10.5 Å². The Balaban J connectivity index is 2.01. The van der Waals surface area contributed by atoms with Crippen molar-refractivity contribution >= 4 is 23.6 Å². The zero-order valence-electron chi connectivity index (χ0n) is 10.7. The summed E-state index contributed by atoms with van der Waals surface area (Å²) >= 11 is -0.271. The fourth-order valence-electron chi connectivity index (χ4n) is 1.84. The number of carbonyl (C=O) groups is 2. The minimum Gasteiger partial charge on any atom is -0.480 e. The number of nitrogens with one attached hydrogen (secondary N) is 1. The number of carboxylic acid groups (broad SMARTS) is 1. The largest absolute Gasteiger partial charge is 0.480 e. The Morgan fingerprint density at radius 1 is 1.24 bits per heavy atom. The van der Waals surface area contributed by atoms with Crippen LogP contribution in [0.15, 0.2) is 29.2 Å². The zero-order chi connectivity index (χ0) is 15.6. The Bertz CT molecular complexity index is 541. The summed E-state index contributed by atoms with van der Waals surface area (Å²) in [7, 11) is 0. The molecule has 1 atom stereocenters. The van der Waals surface area contributed by atoms with Crippen molar-refractivity contribution in [2.24, 2.45) is 5.92 Å². The van der Waals surface area contributed by atoms with Gasteiger partial charge in [0.2, 0.25) is 0 Å². The van der Waals surface area contributed by atoms with Crippen molar-refractivity contribution in [1.82, 2.24) is 5.32 Å². The highest BCUT2D eigenvalue weighted by Gasteiger charge is 2.37. The van der Waals surface area contributed by atoms with E-state index in [1.807, 2.05) is 0 Å². The lowest BCUT2D eigenvalue weighted by molar-refractivity contribution is -0.139. The third kappa shape index (κ3) is 4.66. The van der Waals surface area contributed by atoms with E-state index in [4.69, 9.17) is 5.11 Å². The minimum absolute atomic E-state index is 0.0315. The second-order valence-electron chi connectivity index (χ2n) is 4.70. The van der Waals surface area contributed by atoms with E-state index in [0.29, 0.717) is 0 Å². The molecule has 1 unspecified atom stereocenters. The Kier molecular flexibility index (Phi) is 4.46. The smallest absolute Gasteiger partial charge is 0.446 e. The summed E-state index contributed by atoms with van der Waals surface area (Å²) in [5.41, 5.74) is -4.25. The van der Waals surface area contributed by atoms with Crippen molar-refractivity contribution in [2.45, 2.75) is 29.3 Å². The van der Waals surface area contributed by atoms with Crippen LogP contribution in [0.25, 0.3) is 0 Å². The molecule has 2 N–H and O–H groups in total. The maximum Gasteiger partial charge on any atom is 0.446 e. The average molecular weight is 319 g/mol. The highest BCUT2D eigenvalue weighted by Crippen LogP contribution is 2.36. The number of alkyl halides is 3. The van der Waals surface area contributed by atoms with Crippen LogP contribution >= 0.6 is 11.8 Å². The van der Waals surface area contributed by atoms with Crippen LogP contribution in [0.1, 0.15) is 23.2 Å². The first-order valence-corrected chi connectivity index (χ1v) is 6.97. The number of rotatable bonds is 5. The molecule has 0 saturated heterocycles. The van der Waals surface area contributed by atoms with Crippen molar-refractivity contribution < 1.29 is 27.9 Å². The molecular weight excluding hydrogens is 307 g/mol. The summed E-state index contributed by atoms with van der Waals surface area (Å²) in [5.74, 6) is -1.76.